The zero-order chi connectivity index (χ0) is 13.3. The van der Waals surface area contributed by atoms with Gasteiger partial charge in [0.15, 0.2) is 0 Å². The number of nitrogens with zero attached hydrogens (tertiary/aromatic N) is 1. The van der Waals surface area contributed by atoms with E-state index in [1.165, 1.54) is 13.2 Å². The predicted molar refractivity (Wildman–Crippen MR) is 64.9 cm³/mol. The lowest BCUT2D eigenvalue weighted by Crippen LogP contribution is -2.14. The third-order valence-corrected chi connectivity index (χ3v) is 2.57. The highest BCUT2D eigenvalue weighted by Gasteiger charge is 2.13. The summed E-state index contributed by atoms with van der Waals surface area (Å²) in [6, 6.07) is 5.69. The minimum Gasteiger partial charge on any atom is -0.494 e. The third-order valence-electron chi connectivity index (χ3n) is 2.33. The van der Waals surface area contributed by atoms with Crippen LogP contribution >= 0.6 is 11.6 Å². The molecule has 2 rings (SSSR count). The van der Waals surface area contributed by atoms with Crippen LogP contribution in [-0.2, 0) is 0 Å². The highest BCUT2D eigenvalue weighted by Crippen LogP contribution is 2.24. The maximum atomic E-state index is 11.7. The Balaban J connectivity index is 2.64. The number of aromatic nitrogens is 2. The van der Waals surface area contributed by atoms with E-state index in [9.17, 15) is 9.59 Å². The Morgan fingerprint density at radius 1 is 1.44 bits per heavy atom. The van der Waals surface area contributed by atoms with Crippen LogP contribution in [0.25, 0.3) is 5.69 Å². The Kier molecular flexibility index (Phi) is 3.12. The fraction of sp³-hybridized carbons (Fsp3) is 0.0909. The third kappa shape index (κ3) is 2.10. The van der Waals surface area contributed by atoms with Crippen molar-refractivity contribution in [2.75, 3.05) is 7.11 Å². The molecule has 0 unspecified atom stereocenters. The van der Waals surface area contributed by atoms with Gasteiger partial charge in [-0.3, -0.25) is 9.89 Å². The van der Waals surface area contributed by atoms with E-state index >= 15 is 0 Å². The van der Waals surface area contributed by atoms with E-state index in [4.69, 9.17) is 21.4 Å². The summed E-state index contributed by atoms with van der Waals surface area (Å²) in [5, 5.41) is 11.7. The first kappa shape index (κ1) is 12.3. The number of hydrogen-bond donors (Lipinski definition) is 2. The van der Waals surface area contributed by atoms with Gasteiger partial charge in [0.25, 0.3) is 5.56 Å². The minimum atomic E-state index is -1.22. The summed E-state index contributed by atoms with van der Waals surface area (Å²) in [7, 11) is 1.44. The second-order valence-electron chi connectivity index (χ2n) is 3.46. The van der Waals surface area contributed by atoms with Crippen molar-refractivity contribution in [1.82, 2.24) is 9.78 Å². The van der Waals surface area contributed by atoms with Crippen molar-refractivity contribution in [3.63, 3.8) is 0 Å². The SMILES string of the molecule is COc1ccc(Cl)cc1-n1[nH]c(C(=O)O)cc1=O. The Hall–Kier alpha value is -2.21. The Morgan fingerprint density at radius 2 is 2.17 bits per heavy atom. The summed E-state index contributed by atoms with van der Waals surface area (Å²) in [5.41, 5.74) is -0.363. The van der Waals surface area contributed by atoms with Gasteiger partial charge in [-0.15, -0.1) is 0 Å². The Labute approximate surface area is 106 Å². The molecule has 2 N–H and O–H groups in total. The number of benzene rings is 1. The van der Waals surface area contributed by atoms with E-state index in [0.29, 0.717) is 16.5 Å². The molecular weight excluding hydrogens is 260 g/mol. The predicted octanol–water partition coefficient (Wildman–Crippen LogP) is 1.53. The van der Waals surface area contributed by atoms with Crippen LogP contribution in [0.3, 0.4) is 0 Å². The van der Waals surface area contributed by atoms with Crippen LogP contribution in [0.1, 0.15) is 10.5 Å². The fourth-order valence-electron chi connectivity index (χ4n) is 1.52. The number of aromatic carboxylic acids is 1. The van der Waals surface area contributed by atoms with Gasteiger partial charge < -0.3 is 9.84 Å². The van der Waals surface area contributed by atoms with E-state index in [0.717, 1.165) is 10.7 Å². The number of ether oxygens (including phenoxy) is 1. The van der Waals surface area contributed by atoms with Crippen LogP contribution in [0.2, 0.25) is 5.02 Å². The maximum absolute atomic E-state index is 11.7. The zero-order valence-electron chi connectivity index (χ0n) is 9.31. The van der Waals surface area contributed by atoms with E-state index in [2.05, 4.69) is 5.10 Å². The number of carboxylic acid groups (broad SMARTS) is 1. The molecule has 0 aliphatic carbocycles. The molecule has 0 saturated heterocycles. The van der Waals surface area contributed by atoms with Crippen molar-refractivity contribution in [2.45, 2.75) is 0 Å². The Morgan fingerprint density at radius 3 is 2.72 bits per heavy atom. The van der Waals surface area contributed by atoms with Gasteiger partial charge in [0.05, 0.1) is 7.11 Å². The van der Waals surface area contributed by atoms with Crippen molar-refractivity contribution >= 4 is 17.6 Å². The lowest BCUT2D eigenvalue weighted by Gasteiger charge is -2.08. The average molecular weight is 269 g/mol. The number of hydrogen-bond acceptors (Lipinski definition) is 3. The van der Waals surface area contributed by atoms with E-state index in [1.807, 2.05) is 0 Å². The van der Waals surface area contributed by atoms with Gasteiger partial charge in [0.1, 0.15) is 17.1 Å². The monoisotopic (exact) mass is 268 g/mol. The molecule has 0 fully saturated rings. The minimum absolute atomic E-state index is 0.206. The van der Waals surface area contributed by atoms with Crippen molar-refractivity contribution in [3.8, 4) is 11.4 Å². The van der Waals surface area contributed by atoms with Crippen LogP contribution in [0.4, 0.5) is 0 Å². The lowest BCUT2D eigenvalue weighted by molar-refractivity contribution is 0.0690. The quantitative estimate of drug-likeness (QED) is 0.884. The van der Waals surface area contributed by atoms with Gasteiger partial charge in [-0.1, -0.05) is 11.6 Å². The number of aromatic amines is 1. The number of halogens is 1. The number of carbonyl (C=O) groups is 1. The molecule has 1 heterocycles. The molecule has 0 aliphatic heterocycles. The molecule has 0 aliphatic rings. The van der Waals surface area contributed by atoms with Crippen molar-refractivity contribution < 1.29 is 14.6 Å². The van der Waals surface area contributed by atoms with E-state index in [1.54, 1.807) is 12.1 Å². The summed E-state index contributed by atoms with van der Waals surface area (Å²) in [4.78, 5) is 22.5. The second-order valence-corrected chi connectivity index (χ2v) is 3.90. The van der Waals surface area contributed by atoms with Gasteiger partial charge in [-0.2, -0.15) is 0 Å². The van der Waals surface area contributed by atoms with Crippen LogP contribution < -0.4 is 10.3 Å². The number of nitrogens with one attached hydrogen (secondary N) is 1. The molecular formula is C11H9ClN2O4. The Bertz CT molecular complexity index is 659. The topological polar surface area (TPSA) is 84.3 Å². The van der Waals surface area contributed by atoms with Crippen molar-refractivity contribution in [2.24, 2.45) is 0 Å². The molecule has 1 aromatic carbocycles. The van der Waals surface area contributed by atoms with Gasteiger partial charge in [-0.05, 0) is 18.2 Å². The maximum Gasteiger partial charge on any atom is 0.353 e. The summed E-state index contributed by atoms with van der Waals surface area (Å²) < 4.78 is 6.16. The molecule has 0 radical (unpaired) electrons. The first-order valence-corrected chi connectivity index (χ1v) is 5.30. The van der Waals surface area contributed by atoms with Crippen LogP contribution in [-0.4, -0.2) is 28.0 Å². The van der Waals surface area contributed by atoms with Crippen LogP contribution in [0.5, 0.6) is 5.75 Å². The first-order chi connectivity index (χ1) is 8.52. The highest BCUT2D eigenvalue weighted by atomic mass is 35.5. The molecule has 0 amide bonds. The normalized spacial score (nSPS) is 10.3. The number of H-pyrrole nitrogens is 1. The molecule has 18 heavy (non-hydrogen) atoms. The molecule has 7 heteroatoms. The fourth-order valence-corrected chi connectivity index (χ4v) is 1.69. The standard InChI is InChI=1S/C11H9ClN2O4/c1-18-9-3-2-6(12)4-8(9)14-10(15)5-7(13-14)11(16)17/h2-5,13H,1H3,(H,16,17). The second kappa shape index (κ2) is 4.58. The smallest absolute Gasteiger partial charge is 0.353 e. The molecule has 0 spiro atoms. The number of methoxy groups -OCH3 is 1. The van der Waals surface area contributed by atoms with E-state index < -0.39 is 11.5 Å². The van der Waals surface area contributed by atoms with Crippen molar-refractivity contribution in [3.05, 3.63) is 45.3 Å². The van der Waals surface area contributed by atoms with Gasteiger partial charge in [-0.25, -0.2) is 9.48 Å². The molecule has 0 bridgehead atoms. The van der Waals surface area contributed by atoms with Crippen molar-refractivity contribution in [1.29, 1.82) is 0 Å². The van der Waals surface area contributed by atoms with Gasteiger partial charge in [0.2, 0.25) is 0 Å². The summed E-state index contributed by atoms with van der Waals surface area (Å²) in [6.07, 6.45) is 0. The van der Waals surface area contributed by atoms with Gasteiger partial charge >= 0.3 is 5.97 Å². The highest BCUT2D eigenvalue weighted by molar-refractivity contribution is 6.30. The molecule has 94 valence electrons. The number of rotatable bonds is 3. The molecule has 0 saturated carbocycles. The number of carboxylic acids is 1. The summed E-state index contributed by atoms with van der Waals surface area (Å²) >= 11 is 5.84. The summed E-state index contributed by atoms with van der Waals surface area (Å²) in [6.45, 7) is 0. The molecule has 2 aromatic rings. The lowest BCUT2D eigenvalue weighted by atomic mass is 10.3. The molecule has 0 atom stereocenters. The van der Waals surface area contributed by atoms with Crippen LogP contribution in [0, 0.1) is 0 Å². The summed E-state index contributed by atoms with van der Waals surface area (Å²) in [5.74, 6) is -0.813. The van der Waals surface area contributed by atoms with Gasteiger partial charge in [0, 0.05) is 11.1 Å². The average Bonchev–Trinajstić information content (AvgIpc) is 2.71. The molecule has 1 aromatic heterocycles. The zero-order valence-corrected chi connectivity index (χ0v) is 10.1. The first-order valence-electron chi connectivity index (χ1n) is 4.92. The van der Waals surface area contributed by atoms with E-state index in [-0.39, 0.29) is 5.69 Å². The molecule has 6 nitrogen and oxygen atoms in total. The largest absolute Gasteiger partial charge is 0.494 e. The van der Waals surface area contributed by atoms with Crippen LogP contribution in [0.15, 0.2) is 29.1 Å².